The van der Waals surface area contributed by atoms with E-state index in [1.165, 1.54) is 32.1 Å². The lowest BCUT2D eigenvalue weighted by Gasteiger charge is -2.23. The maximum Gasteiger partial charge on any atom is 0.335 e. The third-order valence-electron chi connectivity index (χ3n) is 3.91. The molecule has 1 fully saturated rings. The van der Waals surface area contributed by atoms with E-state index < -0.39 is 5.97 Å². The molecule has 0 bridgehead atoms. The summed E-state index contributed by atoms with van der Waals surface area (Å²) in [5, 5.41) is 11.2. The van der Waals surface area contributed by atoms with E-state index in [9.17, 15) is 4.79 Å². The summed E-state index contributed by atoms with van der Waals surface area (Å²) >= 11 is 0. The molecule has 1 aromatic heterocycles. The molecule has 3 nitrogen and oxygen atoms in total. The number of hydrogen-bond acceptors (Lipinski definition) is 1. The summed E-state index contributed by atoms with van der Waals surface area (Å²) in [4.78, 5) is 10.9. The highest BCUT2D eigenvalue weighted by atomic mass is 16.4. The first kappa shape index (κ1) is 11.3. The van der Waals surface area contributed by atoms with Crippen molar-refractivity contribution in [3.63, 3.8) is 0 Å². The first-order valence-corrected chi connectivity index (χ1v) is 6.58. The van der Waals surface area contributed by atoms with Gasteiger partial charge in [-0.25, -0.2) is 4.79 Å². The van der Waals surface area contributed by atoms with Crippen LogP contribution in [0.15, 0.2) is 30.6 Å². The number of fused-ring (bicyclic) bond motifs is 1. The molecule has 0 atom stereocenters. The molecule has 18 heavy (non-hydrogen) atoms. The van der Waals surface area contributed by atoms with Crippen molar-refractivity contribution in [3.8, 4) is 0 Å². The van der Waals surface area contributed by atoms with Gasteiger partial charge >= 0.3 is 5.97 Å². The predicted octanol–water partition coefficient (Wildman–Crippen LogP) is 3.84. The molecule has 3 heteroatoms. The molecule has 0 aliphatic heterocycles. The molecule has 0 spiro atoms. The Hall–Kier alpha value is -1.77. The van der Waals surface area contributed by atoms with Crippen molar-refractivity contribution >= 4 is 16.7 Å². The zero-order chi connectivity index (χ0) is 12.5. The Bertz CT molecular complexity index is 579. The van der Waals surface area contributed by atoms with Gasteiger partial charge in [-0.05, 0) is 30.4 Å². The van der Waals surface area contributed by atoms with Crippen molar-refractivity contribution in [3.05, 3.63) is 36.2 Å². The molecule has 2 aromatic rings. The van der Waals surface area contributed by atoms with Crippen LogP contribution in [0.2, 0.25) is 0 Å². The summed E-state index contributed by atoms with van der Waals surface area (Å²) in [6.45, 7) is 0. The van der Waals surface area contributed by atoms with E-state index in [0.29, 0.717) is 11.6 Å². The first-order valence-electron chi connectivity index (χ1n) is 6.58. The predicted molar refractivity (Wildman–Crippen MR) is 71.0 cm³/mol. The minimum atomic E-state index is -0.859. The van der Waals surface area contributed by atoms with Gasteiger partial charge in [0.25, 0.3) is 0 Å². The Kier molecular flexibility index (Phi) is 2.82. The maximum absolute atomic E-state index is 10.9. The van der Waals surface area contributed by atoms with Crippen molar-refractivity contribution in [2.75, 3.05) is 0 Å². The molecule has 0 radical (unpaired) electrons. The highest BCUT2D eigenvalue weighted by Crippen LogP contribution is 2.30. The van der Waals surface area contributed by atoms with Gasteiger partial charge < -0.3 is 9.67 Å². The van der Waals surface area contributed by atoms with Crippen LogP contribution in [-0.4, -0.2) is 15.6 Å². The normalized spacial score (nSPS) is 17.1. The van der Waals surface area contributed by atoms with Crippen molar-refractivity contribution in [2.45, 2.75) is 38.1 Å². The fourth-order valence-electron chi connectivity index (χ4n) is 2.89. The SMILES string of the molecule is O=C(O)c1ccc2cn(C3CCCCC3)cc2c1. The molecule has 1 aliphatic carbocycles. The number of hydrogen-bond donors (Lipinski definition) is 1. The molecule has 1 aliphatic rings. The molecular weight excluding hydrogens is 226 g/mol. The van der Waals surface area contributed by atoms with Crippen LogP contribution in [-0.2, 0) is 0 Å². The van der Waals surface area contributed by atoms with Gasteiger partial charge in [0, 0.05) is 23.8 Å². The summed E-state index contributed by atoms with van der Waals surface area (Å²) in [5.74, 6) is -0.859. The van der Waals surface area contributed by atoms with Gasteiger partial charge in [0.2, 0.25) is 0 Å². The van der Waals surface area contributed by atoms with E-state index in [-0.39, 0.29) is 0 Å². The summed E-state index contributed by atoms with van der Waals surface area (Å²) in [6, 6.07) is 5.93. The Labute approximate surface area is 106 Å². The van der Waals surface area contributed by atoms with Crippen molar-refractivity contribution in [2.24, 2.45) is 0 Å². The quantitative estimate of drug-likeness (QED) is 0.870. The van der Waals surface area contributed by atoms with Crippen molar-refractivity contribution < 1.29 is 9.90 Å². The fourth-order valence-corrected chi connectivity index (χ4v) is 2.89. The first-order chi connectivity index (χ1) is 8.74. The van der Waals surface area contributed by atoms with Gasteiger partial charge in [-0.15, -0.1) is 0 Å². The molecule has 0 unspecified atom stereocenters. The van der Waals surface area contributed by atoms with Crippen LogP contribution in [0.3, 0.4) is 0 Å². The largest absolute Gasteiger partial charge is 0.478 e. The number of carboxylic acid groups (broad SMARTS) is 1. The van der Waals surface area contributed by atoms with E-state index in [1.807, 2.05) is 6.07 Å². The topological polar surface area (TPSA) is 42.2 Å². The van der Waals surface area contributed by atoms with Gasteiger partial charge in [-0.1, -0.05) is 25.3 Å². The molecule has 1 aromatic carbocycles. The summed E-state index contributed by atoms with van der Waals surface area (Å²) < 4.78 is 2.27. The average molecular weight is 243 g/mol. The van der Waals surface area contributed by atoms with Gasteiger partial charge in [0.05, 0.1) is 5.56 Å². The monoisotopic (exact) mass is 243 g/mol. The molecule has 0 saturated heterocycles. The van der Waals surface area contributed by atoms with Crippen LogP contribution in [0.1, 0.15) is 48.5 Å². The van der Waals surface area contributed by atoms with Crippen LogP contribution in [0.4, 0.5) is 0 Å². The lowest BCUT2D eigenvalue weighted by molar-refractivity contribution is 0.0697. The second-order valence-electron chi connectivity index (χ2n) is 5.15. The molecule has 3 rings (SSSR count). The lowest BCUT2D eigenvalue weighted by Crippen LogP contribution is -2.10. The average Bonchev–Trinajstić information content (AvgIpc) is 2.82. The third kappa shape index (κ3) is 2.01. The molecule has 1 heterocycles. The van der Waals surface area contributed by atoms with E-state index in [0.717, 1.165) is 10.8 Å². The summed E-state index contributed by atoms with van der Waals surface area (Å²) in [5.41, 5.74) is 0.365. The summed E-state index contributed by atoms with van der Waals surface area (Å²) in [6.07, 6.45) is 10.7. The van der Waals surface area contributed by atoms with Crippen LogP contribution in [0.25, 0.3) is 10.8 Å². The highest BCUT2D eigenvalue weighted by Gasteiger charge is 2.15. The van der Waals surface area contributed by atoms with Crippen LogP contribution in [0, 0.1) is 0 Å². The standard InChI is InChI=1S/C15H17NO2/c17-15(18)11-6-7-12-9-16(10-13(12)8-11)14-4-2-1-3-5-14/h6-10,14H,1-5H2,(H,17,18). The number of rotatable bonds is 2. The van der Waals surface area contributed by atoms with Gasteiger partial charge in [0.1, 0.15) is 0 Å². The van der Waals surface area contributed by atoms with Crippen molar-refractivity contribution in [1.29, 1.82) is 0 Å². The fraction of sp³-hybridized carbons (Fsp3) is 0.400. The smallest absolute Gasteiger partial charge is 0.335 e. The number of nitrogens with zero attached hydrogens (tertiary/aromatic N) is 1. The van der Waals surface area contributed by atoms with Crippen LogP contribution in [0.5, 0.6) is 0 Å². The van der Waals surface area contributed by atoms with E-state index >= 15 is 0 Å². The Balaban J connectivity index is 1.97. The van der Waals surface area contributed by atoms with Crippen LogP contribution >= 0.6 is 0 Å². The van der Waals surface area contributed by atoms with Gasteiger partial charge in [-0.3, -0.25) is 0 Å². The molecule has 94 valence electrons. The second kappa shape index (κ2) is 4.48. The van der Waals surface area contributed by atoms with Crippen LogP contribution < -0.4 is 0 Å². The summed E-state index contributed by atoms with van der Waals surface area (Å²) in [7, 11) is 0. The molecule has 0 amide bonds. The molecular formula is C15H17NO2. The number of carbonyl (C=O) groups is 1. The highest BCUT2D eigenvalue weighted by molar-refractivity contribution is 5.94. The van der Waals surface area contributed by atoms with E-state index in [2.05, 4.69) is 17.0 Å². The van der Waals surface area contributed by atoms with E-state index in [1.54, 1.807) is 12.1 Å². The number of aromatic nitrogens is 1. The Morgan fingerprint density at radius 2 is 1.83 bits per heavy atom. The van der Waals surface area contributed by atoms with E-state index in [4.69, 9.17) is 5.11 Å². The van der Waals surface area contributed by atoms with Gasteiger partial charge in [-0.2, -0.15) is 0 Å². The maximum atomic E-state index is 10.9. The third-order valence-corrected chi connectivity index (χ3v) is 3.91. The number of carboxylic acids is 1. The van der Waals surface area contributed by atoms with Crippen molar-refractivity contribution in [1.82, 2.24) is 4.57 Å². The van der Waals surface area contributed by atoms with Gasteiger partial charge in [0.15, 0.2) is 0 Å². The number of benzene rings is 1. The Morgan fingerprint density at radius 3 is 2.56 bits per heavy atom. The molecule has 1 saturated carbocycles. The second-order valence-corrected chi connectivity index (χ2v) is 5.15. The molecule has 1 N–H and O–H groups in total. The zero-order valence-corrected chi connectivity index (χ0v) is 10.3. The Morgan fingerprint density at radius 1 is 1.11 bits per heavy atom. The minimum Gasteiger partial charge on any atom is -0.478 e. The minimum absolute atomic E-state index is 0.365. The number of aromatic carboxylic acids is 1. The lowest BCUT2D eigenvalue weighted by atomic mass is 9.95. The zero-order valence-electron chi connectivity index (χ0n) is 10.3.